The highest BCUT2D eigenvalue weighted by molar-refractivity contribution is 5.60. The van der Waals surface area contributed by atoms with Gasteiger partial charge in [0.1, 0.15) is 0 Å². The lowest BCUT2D eigenvalue weighted by Crippen LogP contribution is -2.31. The van der Waals surface area contributed by atoms with E-state index in [2.05, 4.69) is 56.4 Å². The van der Waals surface area contributed by atoms with Crippen LogP contribution in [-0.2, 0) is 4.74 Å². The summed E-state index contributed by atoms with van der Waals surface area (Å²) in [7, 11) is 4.15. The number of nitrogens with zero attached hydrogens (tertiary/aromatic N) is 1. The third kappa shape index (κ3) is 3.41. The first kappa shape index (κ1) is 14.2. The fourth-order valence-corrected chi connectivity index (χ4v) is 2.79. The van der Waals surface area contributed by atoms with Gasteiger partial charge in [-0.15, -0.1) is 0 Å². The lowest BCUT2D eigenvalue weighted by atomic mass is 10.1. The van der Waals surface area contributed by atoms with Gasteiger partial charge in [0.15, 0.2) is 0 Å². The van der Waals surface area contributed by atoms with Crippen molar-refractivity contribution in [2.45, 2.75) is 45.3 Å². The summed E-state index contributed by atoms with van der Waals surface area (Å²) in [4.78, 5) is 2.13. The predicted molar refractivity (Wildman–Crippen MR) is 82.2 cm³/mol. The molecule has 2 atom stereocenters. The summed E-state index contributed by atoms with van der Waals surface area (Å²) >= 11 is 0. The van der Waals surface area contributed by atoms with Crippen molar-refractivity contribution in [2.75, 3.05) is 30.9 Å². The number of ether oxygens (including phenoxy) is 1. The van der Waals surface area contributed by atoms with Gasteiger partial charge < -0.3 is 15.0 Å². The van der Waals surface area contributed by atoms with Gasteiger partial charge in [-0.05, 0) is 56.9 Å². The molecule has 3 heteroatoms. The molecule has 3 nitrogen and oxygen atoms in total. The molecule has 2 rings (SSSR count). The molecule has 0 aliphatic heterocycles. The maximum atomic E-state index is 5.82. The first-order valence-corrected chi connectivity index (χ1v) is 7.28. The lowest BCUT2D eigenvalue weighted by molar-refractivity contribution is 0.0616. The van der Waals surface area contributed by atoms with E-state index >= 15 is 0 Å². The molecule has 1 aliphatic rings. The van der Waals surface area contributed by atoms with Gasteiger partial charge in [0.2, 0.25) is 0 Å². The minimum absolute atomic E-state index is 0.373. The van der Waals surface area contributed by atoms with Crippen LogP contribution in [0.5, 0.6) is 0 Å². The van der Waals surface area contributed by atoms with Crippen LogP contribution in [0.2, 0.25) is 0 Å². The second-order valence-corrected chi connectivity index (χ2v) is 5.57. The molecule has 0 unspecified atom stereocenters. The number of hydrogen-bond acceptors (Lipinski definition) is 3. The Morgan fingerprint density at radius 2 is 2.11 bits per heavy atom. The Morgan fingerprint density at radius 1 is 1.32 bits per heavy atom. The molecule has 19 heavy (non-hydrogen) atoms. The van der Waals surface area contributed by atoms with Crippen molar-refractivity contribution in [3.05, 3.63) is 23.8 Å². The molecule has 1 aromatic rings. The zero-order valence-electron chi connectivity index (χ0n) is 12.6. The monoisotopic (exact) mass is 262 g/mol. The van der Waals surface area contributed by atoms with Crippen molar-refractivity contribution in [2.24, 2.45) is 0 Å². The molecule has 0 radical (unpaired) electrons. The maximum Gasteiger partial charge on any atom is 0.0775 e. The molecule has 1 fully saturated rings. The molecule has 0 bridgehead atoms. The second-order valence-electron chi connectivity index (χ2n) is 5.57. The highest BCUT2D eigenvalue weighted by Crippen LogP contribution is 2.28. The van der Waals surface area contributed by atoms with Crippen molar-refractivity contribution in [1.29, 1.82) is 0 Å². The van der Waals surface area contributed by atoms with E-state index in [4.69, 9.17) is 4.74 Å². The summed E-state index contributed by atoms with van der Waals surface area (Å²) in [6, 6.07) is 7.04. The van der Waals surface area contributed by atoms with Crippen LogP contribution in [-0.4, -0.2) is 32.8 Å². The molecular formula is C16H26N2O. The summed E-state index contributed by atoms with van der Waals surface area (Å²) in [5, 5.41) is 3.67. The van der Waals surface area contributed by atoms with Gasteiger partial charge in [-0.3, -0.25) is 0 Å². The minimum atomic E-state index is 0.373. The SMILES string of the molecule is CCO[C@H]1CCC[C@H]1Nc1ccc(N(C)C)cc1C. The number of hydrogen-bond donors (Lipinski definition) is 1. The highest BCUT2D eigenvalue weighted by Gasteiger charge is 2.27. The van der Waals surface area contributed by atoms with Crippen LogP contribution in [0, 0.1) is 6.92 Å². The van der Waals surface area contributed by atoms with Gasteiger partial charge in [-0.2, -0.15) is 0 Å². The maximum absolute atomic E-state index is 5.82. The third-order valence-corrected chi connectivity index (χ3v) is 3.90. The van der Waals surface area contributed by atoms with E-state index < -0.39 is 0 Å². The Labute approximate surface area is 116 Å². The van der Waals surface area contributed by atoms with Crippen molar-refractivity contribution in [3.63, 3.8) is 0 Å². The van der Waals surface area contributed by atoms with Gasteiger partial charge in [0.25, 0.3) is 0 Å². The third-order valence-electron chi connectivity index (χ3n) is 3.90. The van der Waals surface area contributed by atoms with Gasteiger partial charge in [-0.25, -0.2) is 0 Å². The van der Waals surface area contributed by atoms with Crippen molar-refractivity contribution in [1.82, 2.24) is 0 Å². The van der Waals surface area contributed by atoms with E-state index in [9.17, 15) is 0 Å². The van der Waals surface area contributed by atoms with Gasteiger partial charge >= 0.3 is 0 Å². The summed E-state index contributed by atoms with van der Waals surface area (Å²) in [6.45, 7) is 5.05. The van der Waals surface area contributed by atoms with Crippen LogP contribution in [0.4, 0.5) is 11.4 Å². The molecular weight excluding hydrogens is 236 g/mol. The topological polar surface area (TPSA) is 24.5 Å². The zero-order chi connectivity index (χ0) is 13.8. The van der Waals surface area contributed by atoms with E-state index in [1.54, 1.807) is 0 Å². The second kappa shape index (κ2) is 6.29. The molecule has 0 heterocycles. The minimum Gasteiger partial charge on any atom is -0.379 e. The Morgan fingerprint density at radius 3 is 2.74 bits per heavy atom. The van der Waals surface area contributed by atoms with Crippen LogP contribution in [0.1, 0.15) is 31.7 Å². The Kier molecular flexibility index (Phi) is 4.70. The largest absolute Gasteiger partial charge is 0.379 e. The molecule has 0 aromatic heterocycles. The van der Waals surface area contributed by atoms with Crippen molar-refractivity contribution in [3.8, 4) is 0 Å². The van der Waals surface area contributed by atoms with Crippen molar-refractivity contribution >= 4 is 11.4 Å². The summed E-state index contributed by atoms with van der Waals surface area (Å²) in [6.07, 6.45) is 4.02. The van der Waals surface area contributed by atoms with E-state index in [0.29, 0.717) is 12.1 Å². The predicted octanol–water partition coefficient (Wildman–Crippen LogP) is 3.43. The van der Waals surface area contributed by atoms with E-state index in [-0.39, 0.29) is 0 Å². The standard InChI is InChI=1S/C16H26N2O/c1-5-19-16-8-6-7-15(16)17-14-10-9-13(18(3)4)11-12(14)2/h9-11,15-17H,5-8H2,1-4H3/t15-,16+/m1/s1. The first-order valence-electron chi connectivity index (χ1n) is 7.28. The van der Waals surface area contributed by atoms with Crippen LogP contribution in [0.15, 0.2) is 18.2 Å². The normalized spacial score (nSPS) is 22.5. The Balaban J connectivity index is 2.06. The van der Waals surface area contributed by atoms with Crippen LogP contribution in [0.25, 0.3) is 0 Å². The molecule has 1 saturated carbocycles. The smallest absolute Gasteiger partial charge is 0.0775 e. The van der Waals surface area contributed by atoms with E-state index in [1.165, 1.54) is 36.2 Å². The molecule has 1 aromatic carbocycles. The summed E-state index contributed by atoms with van der Waals surface area (Å²) in [5.74, 6) is 0. The van der Waals surface area contributed by atoms with E-state index in [0.717, 1.165) is 6.61 Å². The van der Waals surface area contributed by atoms with Gasteiger partial charge in [0, 0.05) is 32.1 Å². The Bertz CT molecular complexity index is 417. The first-order chi connectivity index (χ1) is 9.11. The highest BCUT2D eigenvalue weighted by atomic mass is 16.5. The van der Waals surface area contributed by atoms with Crippen LogP contribution < -0.4 is 10.2 Å². The summed E-state index contributed by atoms with van der Waals surface area (Å²) < 4.78 is 5.82. The average molecular weight is 262 g/mol. The molecule has 1 aliphatic carbocycles. The number of nitrogens with one attached hydrogen (secondary N) is 1. The fourth-order valence-electron chi connectivity index (χ4n) is 2.79. The molecule has 0 amide bonds. The quantitative estimate of drug-likeness (QED) is 0.880. The fraction of sp³-hybridized carbons (Fsp3) is 0.625. The van der Waals surface area contributed by atoms with Crippen molar-refractivity contribution < 1.29 is 4.74 Å². The average Bonchev–Trinajstić information content (AvgIpc) is 2.79. The lowest BCUT2D eigenvalue weighted by Gasteiger charge is -2.24. The molecule has 0 spiro atoms. The molecule has 0 saturated heterocycles. The summed E-state index contributed by atoms with van der Waals surface area (Å²) in [5.41, 5.74) is 3.78. The number of rotatable bonds is 5. The van der Waals surface area contributed by atoms with Crippen LogP contribution in [0.3, 0.4) is 0 Å². The molecule has 106 valence electrons. The Hall–Kier alpha value is -1.22. The van der Waals surface area contributed by atoms with Gasteiger partial charge in [0.05, 0.1) is 12.1 Å². The van der Waals surface area contributed by atoms with E-state index in [1.807, 2.05) is 0 Å². The van der Waals surface area contributed by atoms with Gasteiger partial charge in [-0.1, -0.05) is 0 Å². The number of aryl methyl sites for hydroxylation is 1. The van der Waals surface area contributed by atoms with Crippen LogP contribution >= 0.6 is 0 Å². The molecule has 1 N–H and O–H groups in total. The zero-order valence-corrected chi connectivity index (χ0v) is 12.6. The number of anilines is 2. The number of benzene rings is 1.